The van der Waals surface area contributed by atoms with Crippen LogP contribution in [-0.2, 0) is 22.5 Å². The number of rotatable bonds is 7. The molecule has 1 aromatic carbocycles. The van der Waals surface area contributed by atoms with E-state index in [4.69, 9.17) is 14.2 Å². The lowest BCUT2D eigenvalue weighted by atomic mass is 9.84. The van der Waals surface area contributed by atoms with Crippen LogP contribution in [0.2, 0.25) is 0 Å². The van der Waals surface area contributed by atoms with Crippen LogP contribution in [0, 0.1) is 12.8 Å². The molecule has 0 atom stereocenters. The molecule has 2 fully saturated rings. The molecular formula is C26H33N5O3. The minimum Gasteiger partial charge on any atom is -0.488 e. The van der Waals surface area contributed by atoms with Crippen LogP contribution in [0.3, 0.4) is 0 Å². The van der Waals surface area contributed by atoms with Gasteiger partial charge >= 0.3 is 0 Å². The molecule has 8 heteroatoms. The first-order valence-corrected chi connectivity index (χ1v) is 12.2. The molecular weight excluding hydrogens is 430 g/mol. The van der Waals surface area contributed by atoms with Crippen molar-refractivity contribution in [2.75, 3.05) is 38.3 Å². The van der Waals surface area contributed by atoms with Crippen LogP contribution in [0.5, 0.6) is 5.75 Å². The summed E-state index contributed by atoms with van der Waals surface area (Å²) in [6.07, 6.45) is 8.97. The number of fused-ring (bicyclic) bond motifs is 1. The van der Waals surface area contributed by atoms with Crippen LogP contribution in [0.15, 0.2) is 30.6 Å². The van der Waals surface area contributed by atoms with Crippen molar-refractivity contribution in [2.45, 2.75) is 51.7 Å². The Kier molecular flexibility index (Phi) is 7.16. The molecule has 5 rings (SSSR count). The quantitative estimate of drug-likeness (QED) is 0.522. The highest BCUT2D eigenvalue weighted by atomic mass is 16.5. The van der Waals surface area contributed by atoms with E-state index in [1.54, 1.807) is 19.5 Å². The number of nitrogens with zero attached hydrogens (tertiary/aromatic N) is 5. The van der Waals surface area contributed by atoms with Gasteiger partial charge in [-0.1, -0.05) is 0 Å². The summed E-state index contributed by atoms with van der Waals surface area (Å²) >= 11 is 0. The van der Waals surface area contributed by atoms with Crippen LogP contribution < -0.4 is 9.64 Å². The summed E-state index contributed by atoms with van der Waals surface area (Å²) in [6, 6.07) is 6.33. The number of anilines is 1. The highest BCUT2D eigenvalue weighted by molar-refractivity contribution is 5.85. The summed E-state index contributed by atoms with van der Waals surface area (Å²) < 4.78 is 17.3. The Morgan fingerprint density at radius 3 is 2.53 bits per heavy atom. The van der Waals surface area contributed by atoms with E-state index in [-0.39, 0.29) is 6.10 Å². The fraction of sp³-hybridized carbons (Fsp3) is 0.538. The Hall–Kier alpha value is -2.84. The molecule has 34 heavy (non-hydrogen) atoms. The third-order valence-electron chi connectivity index (χ3n) is 6.72. The van der Waals surface area contributed by atoms with Crippen LogP contribution in [-0.4, -0.2) is 59.5 Å². The van der Waals surface area contributed by atoms with Crippen molar-refractivity contribution in [2.24, 2.45) is 5.92 Å². The SMILES string of the molecule is COCc1cc(CC2CCC(Oc3cc(N4CCOCC4)cc4nccnc34)CC2)nc(C)n1. The van der Waals surface area contributed by atoms with E-state index >= 15 is 0 Å². The highest BCUT2D eigenvalue weighted by Crippen LogP contribution is 2.34. The van der Waals surface area contributed by atoms with Gasteiger partial charge in [-0.2, -0.15) is 0 Å². The monoisotopic (exact) mass is 463 g/mol. The minimum atomic E-state index is 0.192. The topological polar surface area (TPSA) is 82.5 Å². The van der Waals surface area contributed by atoms with E-state index in [9.17, 15) is 0 Å². The second-order valence-corrected chi connectivity index (χ2v) is 9.26. The van der Waals surface area contributed by atoms with Gasteiger partial charge in [0.25, 0.3) is 0 Å². The van der Waals surface area contributed by atoms with Gasteiger partial charge in [-0.15, -0.1) is 0 Å². The molecule has 0 spiro atoms. The zero-order valence-corrected chi connectivity index (χ0v) is 20.1. The number of aromatic nitrogens is 4. The first kappa shape index (κ1) is 22.9. The number of benzene rings is 1. The van der Waals surface area contributed by atoms with E-state index in [1.165, 1.54) is 0 Å². The maximum absolute atomic E-state index is 6.57. The second-order valence-electron chi connectivity index (χ2n) is 9.26. The number of hydrogen-bond donors (Lipinski definition) is 0. The molecule has 0 N–H and O–H groups in total. The van der Waals surface area contributed by atoms with Crippen LogP contribution in [0.4, 0.5) is 5.69 Å². The number of hydrogen-bond acceptors (Lipinski definition) is 8. The molecule has 1 saturated heterocycles. The Bertz CT molecular complexity index is 1110. The third kappa shape index (κ3) is 5.45. The van der Waals surface area contributed by atoms with Crippen molar-refractivity contribution in [3.05, 3.63) is 47.8 Å². The van der Waals surface area contributed by atoms with Crippen molar-refractivity contribution in [3.63, 3.8) is 0 Å². The fourth-order valence-electron chi connectivity index (χ4n) is 5.08. The first-order chi connectivity index (χ1) is 16.7. The van der Waals surface area contributed by atoms with Crippen molar-refractivity contribution in [3.8, 4) is 5.75 Å². The van der Waals surface area contributed by atoms with Crippen LogP contribution in [0.1, 0.15) is 42.9 Å². The van der Waals surface area contributed by atoms with Crippen molar-refractivity contribution in [1.82, 2.24) is 19.9 Å². The van der Waals surface area contributed by atoms with Crippen molar-refractivity contribution < 1.29 is 14.2 Å². The third-order valence-corrected chi connectivity index (χ3v) is 6.72. The Balaban J connectivity index is 1.25. The predicted molar refractivity (Wildman–Crippen MR) is 130 cm³/mol. The zero-order chi connectivity index (χ0) is 23.3. The average Bonchev–Trinajstić information content (AvgIpc) is 2.85. The van der Waals surface area contributed by atoms with Gasteiger partial charge in [0.2, 0.25) is 0 Å². The second kappa shape index (κ2) is 10.6. The van der Waals surface area contributed by atoms with Gasteiger partial charge in [0, 0.05) is 50.0 Å². The summed E-state index contributed by atoms with van der Waals surface area (Å²) in [6.45, 7) is 5.73. The van der Waals surface area contributed by atoms with Gasteiger partial charge in [-0.25, -0.2) is 15.0 Å². The molecule has 3 aromatic rings. The van der Waals surface area contributed by atoms with E-state index in [0.717, 1.165) is 98.1 Å². The molecule has 8 nitrogen and oxygen atoms in total. The molecule has 0 unspecified atom stereocenters. The summed E-state index contributed by atoms with van der Waals surface area (Å²) in [5.41, 5.74) is 4.91. The van der Waals surface area contributed by atoms with Crippen molar-refractivity contribution in [1.29, 1.82) is 0 Å². The molecule has 180 valence electrons. The lowest BCUT2D eigenvalue weighted by molar-refractivity contribution is 0.122. The predicted octanol–water partition coefficient (Wildman–Crippen LogP) is 3.89. The van der Waals surface area contributed by atoms with Crippen LogP contribution in [0.25, 0.3) is 11.0 Å². The smallest absolute Gasteiger partial charge is 0.149 e. The summed E-state index contributed by atoms with van der Waals surface area (Å²) in [5.74, 6) is 2.27. The summed E-state index contributed by atoms with van der Waals surface area (Å²) in [5, 5.41) is 0. The van der Waals surface area contributed by atoms with Crippen molar-refractivity contribution >= 4 is 16.7 Å². The lowest BCUT2D eigenvalue weighted by Gasteiger charge is -2.31. The lowest BCUT2D eigenvalue weighted by Crippen LogP contribution is -2.36. The Morgan fingerprint density at radius 2 is 1.74 bits per heavy atom. The number of morpholine rings is 1. The molecule has 0 bridgehead atoms. The molecule has 2 aliphatic rings. The highest BCUT2D eigenvalue weighted by Gasteiger charge is 2.25. The molecule has 0 amide bonds. The zero-order valence-electron chi connectivity index (χ0n) is 20.1. The normalized spacial score (nSPS) is 21.1. The maximum atomic E-state index is 6.57. The average molecular weight is 464 g/mol. The van der Waals surface area contributed by atoms with Gasteiger partial charge in [-0.05, 0) is 57.1 Å². The van der Waals surface area contributed by atoms with Gasteiger partial charge in [0.05, 0.1) is 37.1 Å². The maximum Gasteiger partial charge on any atom is 0.149 e. The van der Waals surface area contributed by atoms with Gasteiger partial charge in [-0.3, -0.25) is 4.98 Å². The number of aryl methyl sites for hydroxylation is 1. The van der Waals surface area contributed by atoms with Gasteiger partial charge < -0.3 is 19.1 Å². The van der Waals surface area contributed by atoms with Gasteiger partial charge in [0.1, 0.15) is 17.1 Å². The van der Waals surface area contributed by atoms with E-state index in [2.05, 4.69) is 43.0 Å². The minimum absolute atomic E-state index is 0.192. The Labute approximate surface area is 200 Å². The fourth-order valence-corrected chi connectivity index (χ4v) is 5.08. The molecule has 2 aromatic heterocycles. The summed E-state index contributed by atoms with van der Waals surface area (Å²) in [4.78, 5) is 20.6. The first-order valence-electron chi connectivity index (χ1n) is 12.2. The molecule has 3 heterocycles. The van der Waals surface area contributed by atoms with E-state index in [0.29, 0.717) is 12.5 Å². The standard InChI is InChI=1S/C26H33N5O3/c1-18-29-20(14-21(30-18)17-32-2)13-19-3-5-23(6-4-19)34-25-16-22(31-9-11-33-12-10-31)15-24-26(25)28-8-7-27-24/h7-8,14-16,19,23H,3-6,9-13,17H2,1-2H3. The largest absolute Gasteiger partial charge is 0.488 e. The van der Waals surface area contributed by atoms with E-state index in [1.807, 2.05) is 6.92 Å². The number of methoxy groups -OCH3 is 1. The van der Waals surface area contributed by atoms with E-state index < -0.39 is 0 Å². The molecule has 1 saturated carbocycles. The molecule has 0 radical (unpaired) electrons. The van der Waals surface area contributed by atoms with Gasteiger partial charge in [0.15, 0.2) is 0 Å². The summed E-state index contributed by atoms with van der Waals surface area (Å²) in [7, 11) is 1.70. The van der Waals surface area contributed by atoms with Crippen LogP contribution >= 0.6 is 0 Å². The Morgan fingerprint density at radius 1 is 0.971 bits per heavy atom. The molecule has 1 aliphatic heterocycles. The molecule has 1 aliphatic carbocycles. The number of ether oxygens (including phenoxy) is 3.